The van der Waals surface area contributed by atoms with Gasteiger partial charge in [0.1, 0.15) is 12.7 Å². The zero-order chi connectivity index (χ0) is 41.4. The van der Waals surface area contributed by atoms with E-state index < -0.39 is 57.6 Å². The number of hydrogen-bond donors (Lipinski definition) is 4. The van der Waals surface area contributed by atoms with Crippen LogP contribution in [0.25, 0.3) is 0 Å². The highest BCUT2D eigenvalue weighted by atomic mass is 31.2. The molecule has 318 valence electrons. The molecule has 56 heavy (non-hydrogen) atoms. The van der Waals surface area contributed by atoms with Crippen molar-refractivity contribution in [2.75, 3.05) is 19.8 Å². The van der Waals surface area contributed by atoms with Gasteiger partial charge in [-0.05, 0) is 83.5 Å². The Morgan fingerprint density at radius 1 is 0.589 bits per heavy atom. The van der Waals surface area contributed by atoms with Crippen molar-refractivity contribution in [2.45, 2.75) is 154 Å². The predicted molar refractivity (Wildman–Crippen MR) is 226 cm³/mol. The summed E-state index contributed by atoms with van der Waals surface area (Å²) in [5.74, 6) is -2.45. The van der Waals surface area contributed by atoms with Gasteiger partial charge in [0.25, 0.3) is 0 Å². The summed E-state index contributed by atoms with van der Waals surface area (Å²) in [6.45, 7) is 2.35. The molecule has 0 aromatic heterocycles. The third-order valence-corrected chi connectivity index (χ3v) is 9.12. The van der Waals surface area contributed by atoms with Crippen LogP contribution < -0.4 is 5.32 Å². The number of phosphoric ester groups is 1. The van der Waals surface area contributed by atoms with Crippen LogP contribution in [0.4, 0.5) is 0 Å². The molecule has 3 unspecified atom stereocenters. The van der Waals surface area contributed by atoms with Crippen LogP contribution in [-0.4, -0.2) is 64.9 Å². The highest BCUT2D eigenvalue weighted by Crippen LogP contribution is 2.43. The summed E-state index contributed by atoms with van der Waals surface area (Å²) >= 11 is 0. The zero-order valence-corrected chi connectivity index (χ0v) is 35.0. The van der Waals surface area contributed by atoms with Gasteiger partial charge in [0.15, 0.2) is 6.04 Å². The lowest BCUT2D eigenvalue weighted by molar-refractivity contribution is -0.147. The molecule has 0 aliphatic rings. The van der Waals surface area contributed by atoms with E-state index >= 15 is 0 Å². The molecule has 1 amide bonds. The Morgan fingerprint density at radius 2 is 1.04 bits per heavy atom. The number of carboxylic acids is 1. The first-order valence-corrected chi connectivity index (χ1v) is 22.1. The highest BCUT2D eigenvalue weighted by molar-refractivity contribution is 7.47. The van der Waals surface area contributed by atoms with Crippen LogP contribution in [0.2, 0.25) is 0 Å². The van der Waals surface area contributed by atoms with Crippen LogP contribution in [0.3, 0.4) is 0 Å². The number of amides is 1. The van der Waals surface area contributed by atoms with Crippen LogP contribution in [0.15, 0.2) is 85.1 Å². The fourth-order valence-electron chi connectivity index (χ4n) is 4.94. The minimum atomic E-state index is -4.77. The molecule has 0 saturated carbocycles. The fraction of sp³-hybridized carbons (Fsp3) is 0.614. The molecule has 0 spiro atoms. The number of carbonyl (C=O) groups excluding carboxylic acids is 2. The standard InChI is InChI=1S/C44H72NO10P/c1-3-5-7-9-11-13-15-16-17-18-19-20-21-22-23-24-26-28-30-32-34-36-43(48)53-37-40(46)38-54-56(51,52)55-39-41(44(49)50)45-42(47)35-33-31-29-27-25-14-12-10-8-6-4-2/h5,7,10-13,16-17,19-20,22-23,26,28,40-41,46H,3-4,6,8-9,14-15,18,21,24-25,27,29-39H2,1-2H3,(H,45,47)(H,49,50)(H,51,52)/b7-5-,12-10-,13-11-,17-16-,20-19-,23-22-,28-26-. The molecule has 0 aromatic rings. The monoisotopic (exact) mass is 805 g/mol. The maximum Gasteiger partial charge on any atom is 0.472 e. The van der Waals surface area contributed by atoms with E-state index in [1.807, 2.05) is 0 Å². The van der Waals surface area contributed by atoms with Gasteiger partial charge < -0.3 is 25.2 Å². The molecule has 0 rings (SSSR count). The van der Waals surface area contributed by atoms with Crippen LogP contribution in [0, 0.1) is 0 Å². The first-order chi connectivity index (χ1) is 27.1. The largest absolute Gasteiger partial charge is 0.480 e. The molecule has 11 nitrogen and oxygen atoms in total. The molecule has 0 aromatic carbocycles. The molecule has 4 N–H and O–H groups in total. The van der Waals surface area contributed by atoms with Crippen molar-refractivity contribution in [3.05, 3.63) is 85.1 Å². The molecule has 3 atom stereocenters. The van der Waals surface area contributed by atoms with E-state index in [1.54, 1.807) is 0 Å². The smallest absolute Gasteiger partial charge is 0.472 e. The molecule has 0 heterocycles. The number of carboxylic acid groups (broad SMARTS) is 1. The fourth-order valence-corrected chi connectivity index (χ4v) is 5.72. The lowest BCUT2D eigenvalue weighted by Crippen LogP contribution is -2.43. The molecule has 12 heteroatoms. The van der Waals surface area contributed by atoms with Crippen molar-refractivity contribution in [3.8, 4) is 0 Å². The van der Waals surface area contributed by atoms with E-state index in [1.165, 1.54) is 12.8 Å². The summed E-state index contributed by atoms with van der Waals surface area (Å²) in [4.78, 5) is 45.7. The molecule has 0 saturated heterocycles. The van der Waals surface area contributed by atoms with Crippen molar-refractivity contribution in [3.63, 3.8) is 0 Å². The maximum absolute atomic E-state index is 12.2. The molecular weight excluding hydrogens is 733 g/mol. The van der Waals surface area contributed by atoms with Gasteiger partial charge in [0, 0.05) is 12.8 Å². The first-order valence-electron chi connectivity index (χ1n) is 20.6. The van der Waals surface area contributed by atoms with Crippen molar-refractivity contribution >= 4 is 25.7 Å². The number of nitrogens with one attached hydrogen (secondary N) is 1. The number of carbonyl (C=O) groups is 3. The van der Waals surface area contributed by atoms with Gasteiger partial charge in [-0.3, -0.25) is 18.6 Å². The summed E-state index contributed by atoms with van der Waals surface area (Å²) in [6.07, 6.45) is 46.2. The zero-order valence-electron chi connectivity index (χ0n) is 34.1. The number of phosphoric acid groups is 1. The first kappa shape index (κ1) is 52.7. The van der Waals surface area contributed by atoms with Crippen LogP contribution in [0.1, 0.15) is 142 Å². The third-order valence-electron chi connectivity index (χ3n) is 8.17. The highest BCUT2D eigenvalue weighted by Gasteiger charge is 2.28. The van der Waals surface area contributed by atoms with E-state index in [0.29, 0.717) is 12.8 Å². The van der Waals surface area contributed by atoms with Gasteiger partial charge in [-0.1, -0.05) is 131 Å². The van der Waals surface area contributed by atoms with Crippen LogP contribution in [-0.2, 0) is 32.7 Å². The van der Waals surface area contributed by atoms with E-state index in [-0.39, 0.29) is 12.8 Å². The average molecular weight is 806 g/mol. The maximum atomic E-state index is 12.2. The second-order valence-electron chi connectivity index (χ2n) is 13.4. The number of rotatable bonds is 37. The number of ether oxygens (including phenoxy) is 1. The molecule has 0 aliphatic carbocycles. The Kier molecular flexibility index (Phi) is 36.2. The van der Waals surface area contributed by atoms with Gasteiger partial charge in [-0.2, -0.15) is 0 Å². The number of aliphatic carboxylic acids is 1. The number of aliphatic hydroxyl groups excluding tert-OH is 1. The minimum absolute atomic E-state index is 0.127. The van der Waals surface area contributed by atoms with E-state index in [0.717, 1.165) is 89.9 Å². The lowest BCUT2D eigenvalue weighted by Gasteiger charge is -2.18. The predicted octanol–water partition coefficient (Wildman–Crippen LogP) is 10.3. The summed E-state index contributed by atoms with van der Waals surface area (Å²) in [5, 5.41) is 21.7. The summed E-state index contributed by atoms with van der Waals surface area (Å²) in [5.41, 5.74) is 0. The van der Waals surface area contributed by atoms with Gasteiger partial charge in [-0.15, -0.1) is 0 Å². The number of allylic oxidation sites excluding steroid dienone is 14. The Hall–Kier alpha value is -3.34. The second-order valence-corrected chi connectivity index (χ2v) is 14.9. The third kappa shape index (κ3) is 37.6. The van der Waals surface area contributed by atoms with Gasteiger partial charge >= 0.3 is 19.8 Å². The van der Waals surface area contributed by atoms with E-state index in [2.05, 4.69) is 104 Å². The van der Waals surface area contributed by atoms with E-state index in [9.17, 15) is 34.1 Å². The van der Waals surface area contributed by atoms with Crippen LogP contribution >= 0.6 is 7.82 Å². The number of unbranched alkanes of at least 4 members (excludes halogenated alkanes) is 9. The Balaban J connectivity index is 4.01. The van der Waals surface area contributed by atoms with Crippen LogP contribution in [0.5, 0.6) is 0 Å². The second kappa shape index (κ2) is 38.5. The number of esters is 1. The Morgan fingerprint density at radius 3 is 1.59 bits per heavy atom. The molecule has 0 fully saturated rings. The van der Waals surface area contributed by atoms with Gasteiger partial charge in [0.2, 0.25) is 5.91 Å². The van der Waals surface area contributed by atoms with Gasteiger partial charge in [-0.25, -0.2) is 9.36 Å². The molecule has 0 aliphatic heterocycles. The molecule has 0 bridgehead atoms. The molecule has 0 radical (unpaired) electrons. The SMILES string of the molecule is CC/C=C\C/C=C\C/C=C\C/C=C\C/C=C\C/C=C\CCCCC(=O)OCC(O)COP(=O)(O)OCC(NC(=O)CCCCCCC/C=C\CCCC)C(=O)O. The number of hydrogen-bond acceptors (Lipinski definition) is 8. The summed E-state index contributed by atoms with van der Waals surface area (Å²) < 4.78 is 26.7. The normalized spacial score (nSPS) is 14.6. The average Bonchev–Trinajstić information content (AvgIpc) is 3.17. The van der Waals surface area contributed by atoms with Crippen molar-refractivity contribution in [1.29, 1.82) is 0 Å². The van der Waals surface area contributed by atoms with Crippen molar-refractivity contribution < 1.29 is 47.8 Å². The van der Waals surface area contributed by atoms with Crippen molar-refractivity contribution in [2.24, 2.45) is 0 Å². The topological polar surface area (TPSA) is 169 Å². The van der Waals surface area contributed by atoms with Gasteiger partial charge in [0.05, 0.1) is 13.2 Å². The lowest BCUT2D eigenvalue weighted by atomic mass is 10.1. The number of aliphatic hydroxyl groups is 1. The summed E-state index contributed by atoms with van der Waals surface area (Å²) in [6, 6.07) is -1.56. The molecular formula is C44H72NO10P. The Labute approximate surface area is 337 Å². The summed E-state index contributed by atoms with van der Waals surface area (Å²) in [7, 11) is -4.77. The van der Waals surface area contributed by atoms with E-state index in [4.69, 9.17) is 13.8 Å². The quantitative estimate of drug-likeness (QED) is 0.0205. The van der Waals surface area contributed by atoms with Crippen molar-refractivity contribution in [1.82, 2.24) is 5.32 Å². The minimum Gasteiger partial charge on any atom is -0.480 e. The Bertz CT molecular complexity index is 1270.